The van der Waals surface area contributed by atoms with E-state index in [1.54, 1.807) is 0 Å². The van der Waals surface area contributed by atoms with Crippen LogP contribution in [-0.4, -0.2) is 37.4 Å². The van der Waals surface area contributed by atoms with Crippen molar-refractivity contribution < 1.29 is 18.4 Å². The molecule has 0 unspecified atom stereocenters. The second-order valence-electron chi connectivity index (χ2n) is 7.10. The van der Waals surface area contributed by atoms with Crippen molar-refractivity contribution in [1.82, 2.24) is 24.9 Å². The summed E-state index contributed by atoms with van der Waals surface area (Å²) in [5.74, 6) is -1.71. The van der Waals surface area contributed by atoms with Crippen LogP contribution in [0.25, 0.3) is 11.7 Å². The van der Waals surface area contributed by atoms with Crippen molar-refractivity contribution in [2.75, 3.05) is 10.6 Å². The number of carbonyl (C=O) groups excluding carboxylic acids is 2. The molecule has 152 valence electrons. The van der Waals surface area contributed by atoms with Gasteiger partial charge in [0.25, 0.3) is 5.91 Å². The van der Waals surface area contributed by atoms with Crippen LogP contribution in [0.15, 0.2) is 30.0 Å². The van der Waals surface area contributed by atoms with Gasteiger partial charge in [-0.15, -0.1) is 0 Å². The second kappa shape index (κ2) is 6.87. The van der Waals surface area contributed by atoms with Crippen LogP contribution < -0.4 is 16.0 Å². The fraction of sp³-hybridized carbons (Fsp3) is 0.211. The largest absolute Gasteiger partial charge is 0.351 e. The van der Waals surface area contributed by atoms with Gasteiger partial charge in [-0.25, -0.2) is 8.78 Å². The molecule has 0 atom stereocenters. The number of amides is 2. The first-order valence-electron chi connectivity index (χ1n) is 9.25. The lowest BCUT2D eigenvalue weighted by molar-refractivity contribution is -0.124. The van der Waals surface area contributed by atoms with Crippen molar-refractivity contribution in [3.63, 3.8) is 0 Å². The number of imide groups is 1. The van der Waals surface area contributed by atoms with Crippen LogP contribution in [0.4, 0.5) is 26.4 Å². The van der Waals surface area contributed by atoms with Gasteiger partial charge < -0.3 is 10.6 Å². The average Bonchev–Trinajstić information content (AvgIpc) is 3.34. The van der Waals surface area contributed by atoms with Crippen molar-refractivity contribution in [3.05, 3.63) is 47.2 Å². The molecule has 3 N–H and O–H groups in total. The van der Waals surface area contributed by atoms with Crippen molar-refractivity contribution >= 4 is 41.1 Å². The second-order valence-corrected chi connectivity index (χ2v) is 7.10. The van der Waals surface area contributed by atoms with Gasteiger partial charge in [-0.2, -0.15) is 19.6 Å². The van der Waals surface area contributed by atoms with Crippen LogP contribution in [0.3, 0.4) is 0 Å². The number of nitrogens with one attached hydrogen (secondary N) is 3. The van der Waals surface area contributed by atoms with Crippen LogP contribution in [-0.2, 0) is 9.59 Å². The summed E-state index contributed by atoms with van der Waals surface area (Å²) in [6, 6.07) is 3.26. The Balaban J connectivity index is 1.59. The molecule has 2 aliphatic rings. The summed E-state index contributed by atoms with van der Waals surface area (Å²) in [4.78, 5) is 32.0. The Bertz CT molecular complexity index is 1230. The average molecular weight is 411 g/mol. The van der Waals surface area contributed by atoms with E-state index < -0.39 is 17.5 Å². The molecule has 2 amide bonds. The maximum absolute atomic E-state index is 14.1. The third kappa shape index (κ3) is 3.45. The van der Waals surface area contributed by atoms with E-state index >= 15 is 0 Å². The molecule has 11 heteroatoms. The van der Waals surface area contributed by atoms with E-state index in [1.807, 2.05) is 0 Å². The van der Waals surface area contributed by atoms with Gasteiger partial charge in [0.2, 0.25) is 17.8 Å². The lowest BCUT2D eigenvalue weighted by atomic mass is 10.1. The van der Waals surface area contributed by atoms with Crippen LogP contribution in [0.5, 0.6) is 0 Å². The van der Waals surface area contributed by atoms with Gasteiger partial charge in [-0.3, -0.25) is 14.9 Å². The van der Waals surface area contributed by atoms with Gasteiger partial charge >= 0.3 is 0 Å². The molecule has 3 aromatic rings. The molecule has 2 aromatic heterocycles. The Morgan fingerprint density at radius 3 is 2.77 bits per heavy atom. The Morgan fingerprint density at radius 2 is 2.03 bits per heavy atom. The Morgan fingerprint density at radius 1 is 1.20 bits per heavy atom. The van der Waals surface area contributed by atoms with Crippen molar-refractivity contribution in [2.45, 2.75) is 25.3 Å². The first kappa shape index (κ1) is 18.2. The highest BCUT2D eigenvalue weighted by Crippen LogP contribution is 2.27. The van der Waals surface area contributed by atoms with E-state index in [1.165, 1.54) is 16.8 Å². The summed E-state index contributed by atoms with van der Waals surface area (Å²) in [5.41, 5.74) is 0.999. The van der Waals surface area contributed by atoms with Gasteiger partial charge in [-0.1, -0.05) is 0 Å². The standard InChI is InChI=1S/C19H15F2N7O2/c20-11-1-4-13(21)14(7-11)24-18-26-16-10(5-9-6-15(29)25-17(9)30)8-22-28(16)19(27-18)23-12-2-3-12/h1,4-5,7-8,12H,2-3,6H2,(H,25,29,30)(H2,23,24,26,27). The first-order chi connectivity index (χ1) is 14.5. The molecule has 1 aliphatic carbocycles. The van der Waals surface area contributed by atoms with Gasteiger partial charge in [0.15, 0.2) is 5.65 Å². The minimum Gasteiger partial charge on any atom is -0.351 e. The van der Waals surface area contributed by atoms with E-state index in [0.717, 1.165) is 31.0 Å². The highest BCUT2D eigenvalue weighted by atomic mass is 19.1. The molecule has 9 nitrogen and oxygen atoms in total. The van der Waals surface area contributed by atoms with E-state index in [9.17, 15) is 18.4 Å². The molecule has 0 spiro atoms. The number of aromatic nitrogens is 4. The smallest absolute Gasteiger partial charge is 0.254 e. The zero-order valence-corrected chi connectivity index (χ0v) is 15.4. The van der Waals surface area contributed by atoms with E-state index in [0.29, 0.717) is 17.2 Å². The minimum absolute atomic E-state index is 0.0299. The summed E-state index contributed by atoms with van der Waals surface area (Å²) in [5, 5.41) is 12.4. The number of benzene rings is 1. The predicted molar refractivity (Wildman–Crippen MR) is 103 cm³/mol. The number of hydrogen-bond acceptors (Lipinski definition) is 7. The molecule has 3 heterocycles. The number of hydrogen-bond donors (Lipinski definition) is 3. The fourth-order valence-electron chi connectivity index (χ4n) is 3.08. The van der Waals surface area contributed by atoms with E-state index in [2.05, 4.69) is 31.0 Å². The number of fused-ring (bicyclic) bond motifs is 1. The molecular formula is C19H15F2N7O2. The zero-order valence-electron chi connectivity index (χ0n) is 15.4. The Labute approximate surface area is 168 Å². The fourth-order valence-corrected chi connectivity index (χ4v) is 3.08. The minimum atomic E-state index is -0.659. The molecule has 0 bridgehead atoms. The predicted octanol–water partition coefficient (Wildman–Crippen LogP) is 2.15. The molecular weight excluding hydrogens is 396 g/mol. The highest BCUT2D eigenvalue weighted by molar-refractivity contribution is 6.15. The maximum Gasteiger partial charge on any atom is 0.254 e. The summed E-state index contributed by atoms with van der Waals surface area (Å²) >= 11 is 0. The molecule has 2 fully saturated rings. The maximum atomic E-state index is 14.1. The lowest BCUT2D eigenvalue weighted by Crippen LogP contribution is -2.19. The Hall–Kier alpha value is -3.89. The molecule has 5 rings (SSSR count). The van der Waals surface area contributed by atoms with Crippen molar-refractivity contribution in [1.29, 1.82) is 0 Å². The van der Waals surface area contributed by atoms with Gasteiger partial charge in [0, 0.05) is 23.2 Å². The number of anilines is 3. The Kier molecular flexibility index (Phi) is 4.16. The molecule has 30 heavy (non-hydrogen) atoms. The molecule has 1 aromatic carbocycles. The molecule has 1 saturated carbocycles. The SMILES string of the molecule is O=C1CC(=Cc2cnn3c(NC4CC4)nc(Nc4cc(F)ccc4F)nc23)C(=O)N1. The van der Waals surface area contributed by atoms with Crippen LogP contribution in [0, 0.1) is 11.6 Å². The summed E-state index contributed by atoms with van der Waals surface area (Å²) < 4.78 is 29.0. The molecule has 1 aliphatic heterocycles. The van der Waals surface area contributed by atoms with Crippen LogP contribution >= 0.6 is 0 Å². The van der Waals surface area contributed by atoms with Gasteiger partial charge in [-0.05, 0) is 31.1 Å². The van der Waals surface area contributed by atoms with Gasteiger partial charge in [0.1, 0.15) is 11.6 Å². The highest BCUT2D eigenvalue weighted by Gasteiger charge is 2.26. The van der Waals surface area contributed by atoms with Gasteiger partial charge in [0.05, 0.1) is 18.3 Å². The molecule has 0 radical (unpaired) electrons. The normalized spacial score (nSPS) is 17.6. The van der Waals surface area contributed by atoms with Crippen LogP contribution in [0.2, 0.25) is 0 Å². The van der Waals surface area contributed by atoms with Crippen LogP contribution in [0.1, 0.15) is 24.8 Å². The quantitative estimate of drug-likeness (QED) is 0.436. The van der Waals surface area contributed by atoms with E-state index in [4.69, 9.17) is 0 Å². The monoisotopic (exact) mass is 411 g/mol. The zero-order chi connectivity index (χ0) is 20.8. The van der Waals surface area contributed by atoms with Crippen molar-refractivity contribution in [3.8, 4) is 0 Å². The third-order valence-corrected chi connectivity index (χ3v) is 4.71. The number of nitrogens with zero attached hydrogens (tertiary/aromatic N) is 4. The molecule has 1 saturated heterocycles. The lowest BCUT2D eigenvalue weighted by Gasteiger charge is -2.11. The number of halogens is 2. The van der Waals surface area contributed by atoms with E-state index in [-0.39, 0.29) is 35.6 Å². The third-order valence-electron chi connectivity index (χ3n) is 4.71. The number of rotatable bonds is 5. The summed E-state index contributed by atoms with van der Waals surface area (Å²) in [6.45, 7) is 0. The first-order valence-corrected chi connectivity index (χ1v) is 9.25. The summed E-state index contributed by atoms with van der Waals surface area (Å²) in [6.07, 6.45) is 4.95. The summed E-state index contributed by atoms with van der Waals surface area (Å²) in [7, 11) is 0. The van der Waals surface area contributed by atoms with Crippen molar-refractivity contribution in [2.24, 2.45) is 0 Å². The topological polar surface area (TPSA) is 113 Å². The number of carbonyl (C=O) groups is 2.